The van der Waals surface area contributed by atoms with Crippen molar-refractivity contribution in [3.8, 4) is 11.5 Å². The van der Waals surface area contributed by atoms with Crippen LogP contribution in [-0.2, 0) is 6.54 Å². The summed E-state index contributed by atoms with van der Waals surface area (Å²) in [6.07, 6.45) is 0. The van der Waals surface area contributed by atoms with Gasteiger partial charge in [0.25, 0.3) is 11.5 Å². The van der Waals surface area contributed by atoms with E-state index in [9.17, 15) is 14.0 Å². The molecule has 1 N–H and O–H groups in total. The summed E-state index contributed by atoms with van der Waals surface area (Å²) in [5.74, 6) is 0.471. The lowest BCUT2D eigenvalue weighted by Crippen LogP contribution is -2.26. The standard InChI is InChI=1S/C24H18FN3O3/c25-18-6-4-5-17(15-18)16-28-23(29)14-13-22(27-28)24(30)26-19-9-11-21(12-10-19)31-20-7-2-1-3-8-20/h1-15H,16H2,(H,26,30). The number of anilines is 1. The zero-order valence-electron chi connectivity index (χ0n) is 16.4. The Morgan fingerprint density at radius 3 is 2.39 bits per heavy atom. The van der Waals surface area contributed by atoms with Gasteiger partial charge in [0, 0.05) is 11.8 Å². The molecule has 0 unspecified atom stereocenters. The Morgan fingerprint density at radius 2 is 1.65 bits per heavy atom. The largest absolute Gasteiger partial charge is 0.457 e. The van der Waals surface area contributed by atoms with E-state index in [1.807, 2.05) is 30.3 Å². The molecule has 4 rings (SSSR count). The topological polar surface area (TPSA) is 73.2 Å². The molecule has 0 saturated carbocycles. The Labute approximate surface area is 177 Å². The van der Waals surface area contributed by atoms with E-state index in [2.05, 4.69) is 10.4 Å². The fourth-order valence-electron chi connectivity index (χ4n) is 2.92. The minimum Gasteiger partial charge on any atom is -0.457 e. The van der Waals surface area contributed by atoms with Crippen LogP contribution in [-0.4, -0.2) is 15.7 Å². The van der Waals surface area contributed by atoms with E-state index in [1.165, 1.54) is 24.3 Å². The predicted octanol–water partition coefficient (Wildman–Crippen LogP) is 4.48. The maximum atomic E-state index is 13.4. The second-order valence-electron chi connectivity index (χ2n) is 6.74. The van der Waals surface area contributed by atoms with Crippen LogP contribution in [0.1, 0.15) is 16.1 Å². The quantitative estimate of drug-likeness (QED) is 0.504. The van der Waals surface area contributed by atoms with E-state index < -0.39 is 11.7 Å². The molecule has 3 aromatic carbocycles. The summed E-state index contributed by atoms with van der Waals surface area (Å²) < 4.78 is 20.2. The summed E-state index contributed by atoms with van der Waals surface area (Å²) in [7, 11) is 0. The van der Waals surface area contributed by atoms with Crippen molar-refractivity contribution >= 4 is 11.6 Å². The van der Waals surface area contributed by atoms with Crippen LogP contribution >= 0.6 is 0 Å². The number of para-hydroxylation sites is 1. The first-order valence-electron chi connectivity index (χ1n) is 9.54. The molecule has 1 heterocycles. The van der Waals surface area contributed by atoms with Gasteiger partial charge in [-0.25, -0.2) is 9.07 Å². The average Bonchev–Trinajstić information content (AvgIpc) is 2.77. The number of carbonyl (C=O) groups is 1. The number of benzene rings is 3. The van der Waals surface area contributed by atoms with Gasteiger partial charge in [-0.1, -0.05) is 30.3 Å². The molecule has 0 spiro atoms. The number of hydrogen-bond donors (Lipinski definition) is 1. The van der Waals surface area contributed by atoms with Crippen LogP contribution in [0.15, 0.2) is 95.8 Å². The molecule has 4 aromatic rings. The summed E-state index contributed by atoms with van der Waals surface area (Å²) in [4.78, 5) is 24.7. The van der Waals surface area contributed by atoms with Crippen molar-refractivity contribution in [1.29, 1.82) is 0 Å². The number of halogens is 1. The monoisotopic (exact) mass is 415 g/mol. The molecule has 0 radical (unpaired) electrons. The van der Waals surface area contributed by atoms with Crippen molar-refractivity contribution < 1.29 is 13.9 Å². The van der Waals surface area contributed by atoms with E-state index in [0.29, 0.717) is 22.7 Å². The van der Waals surface area contributed by atoms with Crippen molar-refractivity contribution in [3.63, 3.8) is 0 Å². The molecule has 0 bridgehead atoms. The molecule has 154 valence electrons. The minimum atomic E-state index is -0.468. The molecule has 0 aliphatic rings. The number of amides is 1. The van der Waals surface area contributed by atoms with Crippen LogP contribution < -0.4 is 15.6 Å². The fourth-order valence-corrected chi connectivity index (χ4v) is 2.92. The third-order valence-corrected chi connectivity index (χ3v) is 4.41. The Bertz CT molecular complexity index is 1260. The lowest BCUT2D eigenvalue weighted by molar-refractivity contribution is 0.102. The van der Waals surface area contributed by atoms with Gasteiger partial charge in [-0.05, 0) is 60.2 Å². The smallest absolute Gasteiger partial charge is 0.276 e. The lowest BCUT2D eigenvalue weighted by atomic mass is 10.2. The van der Waals surface area contributed by atoms with Gasteiger partial charge in [-0.15, -0.1) is 0 Å². The van der Waals surface area contributed by atoms with Crippen molar-refractivity contribution in [2.24, 2.45) is 0 Å². The summed E-state index contributed by atoms with van der Waals surface area (Å²) in [5.41, 5.74) is 0.806. The summed E-state index contributed by atoms with van der Waals surface area (Å²) in [6, 6.07) is 24.7. The molecule has 7 heteroatoms. The van der Waals surface area contributed by atoms with E-state index in [4.69, 9.17) is 4.74 Å². The van der Waals surface area contributed by atoms with Gasteiger partial charge in [0.1, 0.15) is 23.0 Å². The van der Waals surface area contributed by atoms with Gasteiger partial charge >= 0.3 is 0 Å². The van der Waals surface area contributed by atoms with E-state index in [0.717, 1.165) is 4.68 Å². The molecule has 1 amide bonds. The number of carbonyl (C=O) groups excluding carboxylic acids is 1. The van der Waals surface area contributed by atoms with Crippen LogP contribution in [0.3, 0.4) is 0 Å². The lowest BCUT2D eigenvalue weighted by Gasteiger charge is -2.09. The number of nitrogens with one attached hydrogen (secondary N) is 1. The zero-order chi connectivity index (χ0) is 21.6. The second kappa shape index (κ2) is 9.04. The van der Waals surface area contributed by atoms with Gasteiger partial charge in [-0.3, -0.25) is 9.59 Å². The van der Waals surface area contributed by atoms with E-state index in [-0.39, 0.29) is 17.8 Å². The molecular weight excluding hydrogens is 397 g/mol. The summed E-state index contributed by atoms with van der Waals surface area (Å²) >= 11 is 0. The minimum absolute atomic E-state index is 0.0588. The van der Waals surface area contributed by atoms with Crippen LogP contribution in [0.5, 0.6) is 11.5 Å². The molecule has 0 aliphatic heterocycles. The Morgan fingerprint density at radius 1 is 0.903 bits per heavy atom. The Balaban J connectivity index is 1.45. The van der Waals surface area contributed by atoms with E-state index in [1.54, 1.807) is 36.4 Å². The molecule has 0 saturated heterocycles. The molecule has 0 atom stereocenters. The average molecular weight is 415 g/mol. The zero-order valence-corrected chi connectivity index (χ0v) is 16.4. The van der Waals surface area contributed by atoms with Crippen LogP contribution in [0.2, 0.25) is 0 Å². The maximum absolute atomic E-state index is 13.4. The highest BCUT2D eigenvalue weighted by molar-refractivity contribution is 6.02. The first-order valence-corrected chi connectivity index (χ1v) is 9.54. The summed E-state index contributed by atoms with van der Waals surface area (Å²) in [5, 5.41) is 6.85. The maximum Gasteiger partial charge on any atom is 0.276 e. The van der Waals surface area contributed by atoms with Gasteiger partial charge in [0.2, 0.25) is 0 Å². The highest BCUT2D eigenvalue weighted by atomic mass is 19.1. The highest BCUT2D eigenvalue weighted by Gasteiger charge is 2.11. The van der Waals surface area contributed by atoms with Crippen molar-refractivity contribution in [2.45, 2.75) is 6.54 Å². The van der Waals surface area contributed by atoms with Crippen molar-refractivity contribution in [1.82, 2.24) is 9.78 Å². The Kier molecular flexibility index (Phi) is 5.84. The van der Waals surface area contributed by atoms with Gasteiger partial charge < -0.3 is 10.1 Å². The predicted molar refractivity (Wildman–Crippen MR) is 115 cm³/mol. The van der Waals surface area contributed by atoms with E-state index >= 15 is 0 Å². The number of rotatable bonds is 6. The molecular formula is C24H18FN3O3. The molecule has 0 fully saturated rings. The third kappa shape index (κ3) is 5.22. The number of nitrogens with zero attached hydrogens (tertiary/aromatic N) is 2. The second-order valence-corrected chi connectivity index (χ2v) is 6.74. The molecule has 31 heavy (non-hydrogen) atoms. The van der Waals surface area contributed by atoms with Crippen LogP contribution in [0.4, 0.5) is 10.1 Å². The normalized spacial score (nSPS) is 10.5. The SMILES string of the molecule is O=C(Nc1ccc(Oc2ccccc2)cc1)c1ccc(=O)n(Cc2cccc(F)c2)n1. The Hall–Kier alpha value is -4.26. The van der Waals surface area contributed by atoms with Crippen molar-refractivity contribution in [2.75, 3.05) is 5.32 Å². The first-order chi connectivity index (χ1) is 15.1. The molecule has 6 nitrogen and oxygen atoms in total. The highest BCUT2D eigenvalue weighted by Crippen LogP contribution is 2.22. The summed E-state index contributed by atoms with van der Waals surface area (Å²) in [6.45, 7) is 0.0588. The van der Waals surface area contributed by atoms with Gasteiger partial charge in [0.15, 0.2) is 0 Å². The molecule has 0 aliphatic carbocycles. The third-order valence-electron chi connectivity index (χ3n) is 4.41. The number of aromatic nitrogens is 2. The van der Waals surface area contributed by atoms with Gasteiger partial charge in [-0.2, -0.15) is 5.10 Å². The fraction of sp³-hybridized carbons (Fsp3) is 0.0417. The van der Waals surface area contributed by atoms with Gasteiger partial charge in [0.05, 0.1) is 6.54 Å². The number of hydrogen-bond acceptors (Lipinski definition) is 4. The first kappa shape index (κ1) is 20.0. The molecule has 1 aromatic heterocycles. The van der Waals surface area contributed by atoms with Crippen molar-refractivity contribution in [3.05, 3.63) is 118 Å². The number of ether oxygens (including phenoxy) is 1. The van der Waals surface area contributed by atoms with Crippen LogP contribution in [0, 0.1) is 5.82 Å². The van der Waals surface area contributed by atoms with Crippen LogP contribution in [0.25, 0.3) is 0 Å².